The van der Waals surface area contributed by atoms with Crippen molar-refractivity contribution in [3.8, 4) is 0 Å². The molecule has 1 heterocycles. The average molecular weight is 284 g/mol. The number of benzene rings is 1. The minimum absolute atomic E-state index is 0.333. The van der Waals surface area contributed by atoms with Gasteiger partial charge in [0.2, 0.25) is 0 Å². The Balaban J connectivity index is 2.11. The number of nitrogens with zero attached hydrogens (tertiary/aromatic N) is 2. The van der Waals surface area contributed by atoms with E-state index in [4.69, 9.17) is 5.84 Å². The Morgan fingerprint density at radius 2 is 1.95 bits per heavy atom. The minimum atomic E-state index is -0.333. The van der Waals surface area contributed by atoms with Crippen LogP contribution in [0, 0.1) is 6.92 Å². The van der Waals surface area contributed by atoms with Crippen LogP contribution in [0.1, 0.15) is 28.5 Å². The van der Waals surface area contributed by atoms with E-state index in [0.717, 1.165) is 17.9 Å². The zero-order valence-electron chi connectivity index (χ0n) is 12.3. The van der Waals surface area contributed by atoms with Gasteiger partial charge in [0.25, 0.3) is 5.91 Å². The number of carbonyl (C=O) groups excluding carboxylic acids is 1. The molecule has 0 aliphatic heterocycles. The van der Waals surface area contributed by atoms with Crippen molar-refractivity contribution in [1.82, 2.24) is 10.4 Å². The summed E-state index contributed by atoms with van der Waals surface area (Å²) in [4.78, 5) is 17.9. The smallest absolute Gasteiger partial charge is 0.266 e. The van der Waals surface area contributed by atoms with E-state index in [1.54, 1.807) is 12.3 Å². The molecular weight excluding hydrogens is 264 g/mol. The average Bonchev–Trinajstić information content (AvgIpc) is 2.53. The summed E-state index contributed by atoms with van der Waals surface area (Å²) in [5.74, 6) is 4.76. The van der Waals surface area contributed by atoms with E-state index < -0.39 is 0 Å². The van der Waals surface area contributed by atoms with E-state index in [1.807, 2.05) is 6.07 Å². The van der Waals surface area contributed by atoms with Crippen LogP contribution in [0.3, 0.4) is 0 Å². The molecule has 0 saturated heterocycles. The van der Waals surface area contributed by atoms with Crippen LogP contribution in [0.25, 0.3) is 0 Å². The predicted molar refractivity (Wildman–Crippen MR) is 83.8 cm³/mol. The second-order valence-electron chi connectivity index (χ2n) is 4.86. The van der Waals surface area contributed by atoms with Crippen molar-refractivity contribution in [3.63, 3.8) is 0 Å². The van der Waals surface area contributed by atoms with E-state index in [2.05, 4.69) is 53.4 Å². The molecule has 0 unspecified atom stereocenters. The first-order valence-corrected chi connectivity index (χ1v) is 6.91. The lowest BCUT2D eigenvalue weighted by molar-refractivity contribution is 0.0953. The van der Waals surface area contributed by atoms with Crippen molar-refractivity contribution in [2.24, 2.45) is 5.84 Å². The number of hydrogen-bond acceptors (Lipinski definition) is 4. The molecule has 0 aliphatic rings. The highest BCUT2D eigenvalue weighted by Gasteiger charge is 2.08. The number of amides is 1. The Hall–Kier alpha value is -2.40. The second kappa shape index (κ2) is 6.85. The SMILES string of the molecule is CCN(Cc1ccc(C(=O)NN)cn1)c1ccc(C)cc1. The molecule has 0 spiro atoms. The number of anilines is 1. The Kier molecular flexibility index (Phi) is 4.90. The van der Waals surface area contributed by atoms with Gasteiger partial charge < -0.3 is 4.90 Å². The predicted octanol–water partition coefficient (Wildman–Crippen LogP) is 2.02. The van der Waals surface area contributed by atoms with Gasteiger partial charge in [-0.3, -0.25) is 15.2 Å². The first-order chi connectivity index (χ1) is 10.1. The highest BCUT2D eigenvalue weighted by molar-refractivity contribution is 5.93. The van der Waals surface area contributed by atoms with Crippen molar-refractivity contribution in [1.29, 1.82) is 0 Å². The maximum Gasteiger partial charge on any atom is 0.266 e. The van der Waals surface area contributed by atoms with Gasteiger partial charge in [-0.05, 0) is 38.1 Å². The van der Waals surface area contributed by atoms with Crippen molar-refractivity contribution in [2.75, 3.05) is 11.4 Å². The van der Waals surface area contributed by atoms with E-state index in [0.29, 0.717) is 12.1 Å². The van der Waals surface area contributed by atoms with E-state index in [9.17, 15) is 4.79 Å². The lowest BCUT2D eigenvalue weighted by Gasteiger charge is -2.23. The summed E-state index contributed by atoms with van der Waals surface area (Å²) in [5, 5.41) is 0. The third-order valence-corrected chi connectivity index (χ3v) is 3.35. The molecule has 0 radical (unpaired) electrons. The summed E-state index contributed by atoms with van der Waals surface area (Å²) in [6, 6.07) is 12.0. The largest absolute Gasteiger partial charge is 0.366 e. The summed E-state index contributed by atoms with van der Waals surface area (Å²) in [7, 11) is 0. The second-order valence-corrected chi connectivity index (χ2v) is 4.86. The molecule has 0 bridgehead atoms. The maximum absolute atomic E-state index is 11.4. The Labute approximate surface area is 124 Å². The number of carbonyl (C=O) groups is 1. The van der Waals surface area contributed by atoms with Crippen molar-refractivity contribution in [2.45, 2.75) is 20.4 Å². The van der Waals surface area contributed by atoms with Gasteiger partial charge in [0.05, 0.1) is 17.8 Å². The van der Waals surface area contributed by atoms with Crippen molar-refractivity contribution < 1.29 is 4.79 Å². The maximum atomic E-state index is 11.4. The van der Waals surface area contributed by atoms with Crippen LogP contribution in [-0.4, -0.2) is 17.4 Å². The molecule has 5 heteroatoms. The van der Waals surface area contributed by atoms with E-state index >= 15 is 0 Å². The third-order valence-electron chi connectivity index (χ3n) is 3.35. The van der Waals surface area contributed by atoms with Gasteiger partial charge >= 0.3 is 0 Å². The van der Waals surface area contributed by atoms with Crippen LogP contribution in [0.5, 0.6) is 0 Å². The molecular formula is C16H20N4O. The number of aryl methyl sites for hydroxylation is 1. The quantitative estimate of drug-likeness (QED) is 0.500. The van der Waals surface area contributed by atoms with Gasteiger partial charge in [0.15, 0.2) is 0 Å². The lowest BCUT2D eigenvalue weighted by Crippen LogP contribution is -2.30. The fourth-order valence-electron chi connectivity index (χ4n) is 2.07. The first-order valence-electron chi connectivity index (χ1n) is 6.91. The number of hydrogen-bond donors (Lipinski definition) is 2. The van der Waals surface area contributed by atoms with Gasteiger partial charge in [0, 0.05) is 18.4 Å². The summed E-state index contributed by atoms with van der Waals surface area (Å²) in [6.45, 7) is 5.76. The lowest BCUT2D eigenvalue weighted by atomic mass is 10.2. The molecule has 1 aromatic heterocycles. The number of rotatable bonds is 5. The van der Waals surface area contributed by atoms with Crippen LogP contribution in [0.2, 0.25) is 0 Å². The van der Waals surface area contributed by atoms with E-state index in [1.165, 1.54) is 5.56 Å². The van der Waals surface area contributed by atoms with Crippen LogP contribution >= 0.6 is 0 Å². The third kappa shape index (κ3) is 3.79. The molecule has 1 amide bonds. The zero-order valence-corrected chi connectivity index (χ0v) is 12.3. The van der Waals surface area contributed by atoms with Crippen LogP contribution < -0.4 is 16.2 Å². The highest BCUT2D eigenvalue weighted by atomic mass is 16.2. The molecule has 1 aromatic carbocycles. The van der Waals surface area contributed by atoms with Crippen LogP contribution in [-0.2, 0) is 6.54 Å². The Morgan fingerprint density at radius 3 is 2.48 bits per heavy atom. The van der Waals surface area contributed by atoms with Crippen LogP contribution in [0.4, 0.5) is 5.69 Å². The highest BCUT2D eigenvalue weighted by Crippen LogP contribution is 2.17. The summed E-state index contributed by atoms with van der Waals surface area (Å²) >= 11 is 0. The van der Waals surface area contributed by atoms with Crippen molar-refractivity contribution >= 4 is 11.6 Å². The molecule has 3 N–H and O–H groups in total. The van der Waals surface area contributed by atoms with Gasteiger partial charge in [-0.2, -0.15) is 0 Å². The number of aromatic nitrogens is 1. The Morgan fingerprint density at radius 1 is 1.24 bits per heavy atom. The molecule has 0 saturated carbocycles. The van der Waals surface area contributed by atoms with E-state index in [-0.39, 0.29) is 5.91 Å². The molecule has 110 valence electrons. The number of nitrogens with two attached hydrogens (primary N) is 1. The summed E-state index contributed by atoms with van der Waals surface area (Å²) in [5.41, 5.74) is 5.86. The molecule has 21 heavy (non-hydrogen) atoms. The first kappa shape index (κ1) is 15.0. The molecule has 0 aliphatic carbocycles. The zero-order chi connectivity index (χ0) is 15.2. The van der Waals surface area contributed by atoms with Crippen molar-refractivity contribution in [3.05, 3.63) is 59.4 Å². The molecule has 0 atom stereocenters. The fourth-order valence-corrected chi connectivity index (χ4v) is 2.07. The molecule has 5 nitrogen and oxygen atoms in total. The van der Waals surface area contributed by atoms with Gasteiger partial charge in [-0.15, -0.1) is 0 Å². The summed E-state index contributed by atoms with van der Waals surface area (Å²) in [6.07, 6.45) is 1.54. The molecule has 2 rings (SSSR count). The fraction of sp³-hybridized carbons (Fsp3) is 0.250. The standard InChI is InChI=1S/C16H20N4O/c1-3-20(15-8-4-12(2)5-9-15)11-14-7-6-13(10-18-14)16(21)19-17/h4-10H,3,11,17H2,1-2H3,(H,19,21). The minimum Gasteiger partial charge on any atom is -0.366 e. The number of pyridine rings is 1. The van der Waals surface area contributed by atoms with Crippen LogP contribution in [0.15, 0.2) is 42.6 Å². The topological polar surface area (TPSA) is 71.2 Å². The number of nitrogens with one attached hydrogen (secondary N) is 1. The monoisotopic (exact) mass is 284 g/mol. The van der Waals surface area contributed by atoms with Gasteiger partial charge in [0.1, 0.15) is 0 Å². The Bertz CT molecular complexity index is 593. The van der Waals surface area contributed by atoms with Gasteiger partial charge in [-0.1, -0.05) is 17.7 Å². The normalized spacial score (nSPS) is 10.2. The molecule has 0 fully saturated rings. The van der Waals surface area contributed by atoms with Gasteiger partial charge in [-0.25, -0.2) is 5.84 Å². The number of hydrazine groups is 1. The molecule has 2 aromatic rings. The summed E-state index contributed by atoms with van der Waals surface area (Å²) < 4.78 is 0. The number of nitrogen functional groups attached to an aromatic ring is 1.